The molecule has 4 heteroatoms. The summed E-state index contributed by atoms with van der Waals surface area (Å²) in [5.41, 5.74) is 4.09. The predicted octanol–water partition coefficient (Wildman–Crippen LogP) is 4.27. The first-order valence-corrected chi connectivity index (χ1v) is 7.44. The number of benzene rings is 2. The molecule has 2 aromatic carbocycles. The molecule has 0 radical (unpaired) electrons. The van der Waals surface area contributed by atoms with Crippen LogP contribution in [-0.2, 0) is 17.8 Å². The van der Waals surface area contributed by atoms with Crippen molar-refractivity contribution in [1.29, 1.82) is 0 Å². The summed E-state index contributed by atoms with van der Waals surface area (Å²) in [6.07, 6.45) is 0.0479. The lowest BCUT2D eigenvalue weighted by Gasteiger charge is -2.10. The predicted molar refractivity (Wildman–Crippen MR) is 85.7 cm³/mol. The molecular weight excluding hydrogens is 332 g/mol. The molecule has 0 aliphatic heterocycles. The third kappa shape index (κ3) is 4.33. The van der Waals surface area contributed by atoms with Crippen LogP contribution in [-0.4, -0.2) is 11.1 Å². The molecule has 0 saturated carbocycles. The van der Waals surface area contributed by atoms with Crippen LogP contribution < -0.4 is 4.74 Å². The Labute approximate surface area is 132 Å². The van der Waals surface area contributed by atoms with Crippen molar-refractivity contribution < 1.29 is 14.6 Å². The van der Waals surface area contributed by atoms with Crippen LogP contribution >= 0.6 is 15.9 Å². The van der Waals surface area contributed by atoms with Crippen molar-refractivity contribution in [3.63, 3.8) is 0 Å². The van der Waals surface area contributed by atoms with Crippen LogP contribution in [0.1, 0.15) is 22.3 Å². The molecule has 2 aromatic rings. The van der Waals surface area contributed by atoms with E-state index in [1.54, 1.807) is 0 Å². The summed E-state index contributed by atoms with van der Waals surface area (Å²) in [5.74, 6) is 0.0163. The quantitative estimate of drug-likeness (QED) is 0.877. The van der Waals surface area contributed by atoms with Crippen molar-refractivity contribution in [3.8, 4) is 5.75 Å². The zero-order valence-corrected chi connectivity index (χ0v) is 13.6. The lowest BCUT2D eigenvalue weighted by molar-refractivity contribution is -0.136. The van der Waals surface area contributed by atoms with E-state index in [4.69, 9.17) is 9.84 Å². The van der Waals surface area contributed by atoms with Crippen LogP contribution in [0.25, 0.3) is 0 Å². The molecule has 0 bridgehead atoms. The maximum atomic E-state index is 10.6. The van der Waals surface area contributed by atoms with E-state index in [9.17, 15) is 4.79 Å². The summed E-state index contributed by atoms with van der Waals surface area (Å²) in [4.78, 5) is 10.6. The van der Waals surface area contributed by atoms with Gasteiger partial charge in [0.15, 0.2) is 0 Å². The zero-order chi connectivity index (χ0) is 15.4. The summed E-state index contributed by atoms with van der Waals surface area (Å²) in [6, 6.07) is 11.4. The fourth-order valence-electron chi connectivity index (χ4n) is 2.08. The van der Waals surface area contributed by atoms with Crippen molar-refractivity contribution >= 4 is 21.9 Å². The number of aliphatic carboxylic acids is 1. The van der Waals surface area contributed by atoms with E-state index in [0.29, 0.717) is 6.61 Å². The Bertz CT molecular complexity index is 625. The molecule has 0 spiro atoms. The topological polar surface area (TPSA) is 46.5 Å². The average Bonchev–Trinajstić information content (AvgIpc) is 2.43. The normalized spacial score (nSPS) is 10.4. The number of ether oxygens (including phenoxy) is 1. The average molecular weight is 349 g/mol. The van der Waals surface area contributed by atoms with Gasteiger partial charge in [0.05, 0.1) is 6.42 Å². The van der Waals surface area contributed by atoms with Crippen LogP contribution in [0.3, 0.4) is 0 Å². The second kappa shape index (κ2) is 6.76. The highest BCUT2D eigenvalue weighted by molar-refractivity contribution is 9.10. The molecule has 0 fully saturated rings. The largest absolute Gasteiger partial charge is 0.489 e. The van der Waals surface area contributed by atoms with Crippen LogP contribution in [0.5, 0.6) is 5.75 Å². The zero-order valence-electron chi connectivity index (χ0n) is 12.0. The monoisotopic (exact) mass is 348 g/mol. The number of rotatable bonds is 5. The molecule has 0 aromatic heterocycles. The molecule has 110 valence electrons. The van der Waals surface area contributed by atoms with Crippen molar-refractivity contribution in [2.75, 3.05) is 0 Å². The molecule has 0 atom stereocenters. The van der Waals surface area contributed by atoms with Gasteiger partial charge < -0.3 is 9.84 Å². The highest BCUT2D eigenvalue weighted by Gasteiger charge is 2.04. The Morgan fingerprint density at radius 2 is 1.62 bits per heavy atom. The summed E-state index contributed by atoms with van der Waals surface area (Å²) < 4.78 is 6.90. The van der Waals surface area contributed by atoms with Gasteiger partial charge in [0.2, 0.25) is 0 Å². The first kappa shape index (κ1) is 15.6. The van der Waals surface area contributed by atoms with Crippen LogP contribution in [0, 0.1) is 13.8 Å². The van der Waals surface area contributed by atoms with Gasteiger partial charge in [-0.15, -0.1) is 0 Å². The van der Waals surface area contributed by atoms with Gasteiger partial charge in [0.25, 0.3) is 0 Å². The number of hydrogen-bond acceptors (Lipinski definition) is 2. The minimum Gasteiger partial charge on any atom is -0.489 e. The van der Waals surface area contributed by atoms with E-state index in [2.05, 4.69) is 15.9 Å². The number of carbonyl (C=O) groups is 1. The molecule has 0 aliphatic rings. The maximum Gasteiger partial charge on any atom is 0.307 e. The summed E-state index contributed by atoms with van der Waals surface area (Å²) in [7, 11) is 0. The van der Waals surface area contributed by atoms with Gasteiger partial charge in [-0.25, -0.2) is 0 Å². The molecule has 0 saturated heterocycles. The Morgan fingerprint density at radius 1 is 1.10 bits per heavy atom. The summed E-state index contributed by atoms with van der Waals surface area (Å²) in [5, 5.41) is 8.73. The Hall–Kier alpha value is -1.81. The molecule has 0 unspecified atom stereocenters. The first-order valence-electron chi connectivity index (χ1n) is 6.65. The number of hydrogen-bond donors (Lipinski definition) is 1. The highest BCUT2D eigenvalue weighted by atomic mass is 79.9. The Morgan fingerprint density at radius 3 is 2.14 bits per heavy atom. The molecule has 3 nitrogen and oxygen atoms in total. The number of aryl methyl sites for hydroxylation is 2. The molecule has 2 rings (SSSR count). The van der Waals surface area contributed by atoms with Gasteiger partial charge in [0, 0.05) is 4.47 Å². The van der Waals surface area contributed by atoms with Crippen molar-refractivity contribution in [2.45, 2.75) is 26.9 Å². The van der Waals surface area contributed by atoms with Crippen molar-refractivity contribution in [3.05, 3.63) is 63.1 Å². The van der Waals surface area contributed by atoms with E-state index in [1.807, 2.05) is 50.2 Å². The van der Waals surface area contributed by atoms with E-state index in [-0.39, 0.29) is 6.42 Å². The molecule has 0 amide bonds. The molecular formula is C17H17BrO3. The highest BCUT2D eigenvalue weighted by Crippen LogP contribution is 2.26. The minimum atomic E-state index is -0.820. The maximum absolute atomic E-state index is 10.6. The van der Waals surface area contributed by atoms with E-state index >= 15 is 0 Å². The Balaban J connectivity index is 2.01. The molecule has 0 heterocycles. The SMILES string of the molecule is Cc1cc(OCc2ccc(CC(=O)O)cc2)cc(C)c1Br. The van der Waals surface area contributed by atoms with Gasteiger partial charge in [0.1, 0.15) is 12.4 Å². The number of carboxylic acid groups (broad SMARTS) is 1. The van der Waals surface area contributed by atoms with Crippen LogP contribution in [0.4, 0.5) is 0 Å². The second-order valence-corrected chi connectivity index (χ2v) is 5.84. The lowest BCUT2D eigenvalue weighted by atomic mass is 10.1. The lowest BCUT2D eigenvalue weighted by Crippen LogP contribution is -2.01. The standard InChI is InChI=1S/C17H17BrO3/c1-11-7-15(8-12(2)17(11)18)21-10-14-5-3-13(4-6-14)9-16(19)20/h3-8H,9-10H2,1-2H3,(H,19,20). The van der Waals surface area contributed by atoms with Gasteiger partial charge in [-0.3, -0.25) is 4.79 Å². The van der Waals surface area contributed by atoms with Gasteiger partial charge in [-0.2, -0.15) is 0 Å². The fourth-order valence-corrected chi connectivity index (χ4v) is 2.31. The van der Waals surface area contributed by atoms with Crippen molar-refractivity contribution in [2.24, 2.45) is 0 Å². The third-order valence-electron chi connectivity index (χ3n) is 3.19. The van der Waals surface area contributed by atoms with E-state index in [1.165, 1.54) is 0 Å². The summed E-state index contributed by atoms with van der Waals surface area (Å²) in [6.45, 7) is 4.53. The fraction of sp³-hybridized carbons (Fsp3) is 0.235. The summed E-state index contributed by atoms with van der Waals surface area (Å²) >= 11 is 3.53. The second-order valence-electron chi connectivity index (χ2n) is 5.05. The van der Waals surface area contributed by atoms with Crippen LogP contribution in [0.15, 0.2) is 40.9 Å². The molecule has 21 heavy (non-hydrogen) atoms. The van der Waals surface area contributed by atoms with Crippen molar-refractivity contribution in [1.82, 2.24) is 0 Å². The van der Waals surface area contributed by atoms with Gasteiger partial charge in [-0.1, -0.05) is 40.2 Å². The van der Waals surface area contributed by atoms with Crippen LogP contribution in [0.2, 0.25) is 0 Å². The minimum absolute atomic E-state index is 0.0479. The van der Waals surface area contributed by atoms with E-state index < -0.39 is 5.97 Å². The Kier molecular flexibility index (Phi) is 5.02. The number of halogens is 1. The van der Waals surface area contributed by atoms with Gasteiger partial charge >= 0.3 is 5.97 Å². The molecule has 0 aliphatic carbocycles. The number of carboxylic acids is 1. The van der Waals surface area contributed by atoms with Gasteiger partial charge in [-0.05, 0) is 48.2 Å². The molecule has 1 N–H and O–H groups in total. The first-order chi connectivity index (χ1) is 9.95. The third-order valence-corrected chi connectivity index (χ3v) is 4.44. The van der Waals surface area contributed by atoms with E-state index in [0.717, 1.165) is 32.5 Å². The smallest absolute Gasteiger partial charge is 0.307 e.